The van der Waals surface area contributed by atoms with Crippen LogP contribution in [0.2, 0.25) is 0 Å². The average molecular weight is 429 g/mol. The van der Waals surface area contributed by atoms with Crippen molar-refractivity contribution in [3.05, 3.63) is 54.2 Å². The van der Waals surface area contributed by atoms with Crippen molar-refractivity contribution in [2.45, 2.75) is 25.4 Å². The van der Waals surface area contributed by atoms with Gasteiger partial charge in [0, 0.05) is 37.8 Å². The summed E-state index contributed by atoms with van der Waals surface area (Å²) in [7, 11) is -3.08. The molecule has 1 aromatic carbocycles. The molecule has 0 aliphatic carbocycles. The van der Waals surface area contributed by atoms with E-state index >= 15 is 0 Å². The lowest BCUT2D eigenvalue weighted by Crippen LogP contribution is -2.39. The number of sulfone groups is 1. The number of nitrogens with zero attached hydrogens (tertiary/aromatic N) is 2. The Morgan fingerprint density at radius 2 is 2.03 bits per heavy atom. The monoisotopic (exact) mass is 429 g/mol. The SMILES string of the molecule is O=C(NCc1ccnc(Oc2ccccc2)c1)C1CC(=O)N(C2CCS(=O)(=O)C2)C1. The van der Waals surface area contributed by atoms with Crippen LogP contribution in [0.3, 0.4) is 0 Å². The normalized spacial score (nSPS) is 22.8. The first-order chi connectivity index (χ1) is 14.4. The summed E-state index contributed by atoms with van der Waals surface area (Å²) in [6.07, 6.45) is 2.17. The van der Waals surface area contributed by atoms with Gasteiger partial charge in [-0.05, 0) is 30.2 Å². The predicted octanol–water partition coefficient (Wildman–Crippen LogP) is 1.53. The summed E-state index contributed by atoms with van der Waals surface area (Å²) in [6.45, 7) is 0.554. The first-order valence-electron chi connectivity index (χ1n) is 9.85. The minimum Gasteiger partial charge on any atom is -0.439 e. The minimum atomic E-state index is -3.08. The third kappa shape index (κ3) is 4.79. The Labute approximate surface area is 175 Å². The number of hydrogen-bond donors (Lipinski definition) is 1. The van der Waals surface area contributed by atoms with Gasteiger partial charge in [-0.2, -0.15) is 0 Å². The van der Waals surface area contributed by atoms with Crippen LogP contribution in [0, 0.1) is 5.92 Å². The maximum absolute atomic E-state index is 12.6. The molecule has 1 aromatic heterocycles. The van der Waals surface area contributed by atoms with Gasteiger partial charge < -0.3 is 15.0 Å². The number of aromatic nitrogens is 1. The van der Waals surface area contributed by atoms with Gasteiger partial charge in [-0.25, -0.2) is 13.4 Å². The molecule has 158 valence electrons. The van der Waals surface area contributed by atoms with E-state index in [0.717, 1.165) is 5.56 Å². The van der Waals surface area contributed by atoms with E-state index in [-0.39, 0.29) is 48.9 Å². The lowest BCUT2D eigenvalue weighted by atomic mass is 10.1. The molecule has 0 saturated carbocycles. The lowest BCUT2D eigenvalue weighted by molar-refractivity contribution is -0.130. The van der Waals surface area contributed by atoms with Gasteiger partial charge in [0.05, 0.1) is 17.4 Å². The largest absolute Gasteiger partial charge is 0.439 e. The van der Waals surface area contributed by atoms with Gasteiger partial charge >= 0.3 is 0 Å². The molecule has 2 aliphatic heterocycles. The Hall–Kier alpha value is -2.94. The highest BCUT2D eigenvalue weighted by atomic mass is 32.2. The molecule has 0 radical (unpaired) electrons. The van der Waals surface area contributed by atoms with Crippen LogP contribution >= 0.6 is 0 Å². The molecule has 2 aromatic rings. The molecule has 1 N–H and O–H groups in total. The van der Waals surface area contributed by atoms with E-state index in [1.807, 2.05) is 30.3 Å². The number of para-hydroxylation sites is 1. The lowest BCUT2D eigenvalue weighted by Gasteiger charge is -2.22. The molecule has 4 rings (SSSR count). The van der Waals surface area contributed by atoms with E-state index in [9.17, 15) is 18.0 Å². The van der Waals surface area contributed by atoms with Gasteiger partial charge in [0.15, 0.2) is 9.84 Å². The first-order valence-corrected chi connectivity index (χ1v) is 11.7. The van der Waals surface area contributed by atoms with Gasteiger partial charge in [-0.15, -0.1) is 0 Å². The zero-order valence-corrected chi connectivity index (χ0v) is 17.2. The van der Waals surface area contributed by atoms with Crippen molar-refractivity contribution in [2.75, 3.05) is 18.1 Å². The molecule has 2 amide bonds. The summed E-state index contributed by atoms with van der Waals surface area (Å²) in [5.41, 5.74) is 0.826. The molecule has 2 unspecified atom stereocenters. The third-order valence-electron chi connectivity index (χ3n) is 5.41. The highest BCUT2D eigenvalue weighted by molar-refractivity contribution is 7.91. The summed E-state index contributed by atoms with van der Waals surface area (Å²) in [4.78, 5) is 30.6. The fourth-order valence-corrected chi connectivity index (χ4v) is 5.57. The van der Waals surface area contributed by atoms with Crippen molar-refractivity contribution >= 4 is 21.7 Å². The average Bonchev–Trinajstić information content (AvgIpc) is 3.29. The molecule has 3 heterocycles. The van der Waals surface area contributed by atoms with Gasteiger partial charge in [0.1, 0.15) is 5.75 Å². The molecule has 0 bridgehead atoms. The Balaban J connectivity index is 1.32. The molecule has 8 nitrogen and oxygen atoms in total. The molecule has 2 fully saturated rings. The van der Waals surface area contributed by atoms with E-state index in [1.165, 1.54) is 0 Å². The third-order valence-corrected chi connectivity index (χ3v) is 7.16. The van der Waals surface area contributed by atoms with Crippen molar-refractivity contribution in [1.29, 1.82) is 0 Å². The second kappa shape index (κ2) is 8.43. The number of likely N-dealkylation sites (tertiary alicyclic amines) is 1. The molecule has 2 saturated heterocycles. The summed E-state index contributed by atoms with van der Waals surface area (Å²) in [6, 6.07) is 12.5. The number of nitrogens with one attached hydrogen (secondary N) is 1. The first kappa shape index (κ1) is 20.3. The van der Waals surface area contributed by atoms with E-state index in [0.29, 0.717) is 18.1 Å². The Bertz CT molecular complexity index is 1040. The molecule has 9 heteroatoms. The highest BCUT2D eigenvalue weighted by Crippen LogP contribution is 2.26. The standard InChI is InChI=1S/C21H23N3O5S/c25-20-11-16(13-24(20)17-7-9-30(27,28)14-17)21(26)23-12-15-6-8-22-19(10-15)29-18-4-2-1-3-5-18/h1-6,8,10,16-17H,7,9,11-14H2,(H,23,26). The fraction of sp³-hybridized carbons (Fsp3) is 0.381. The smallest absolute Gasteiger partial charge is 0.225 e. The molecule has 0 spiro atoms. The zero-order chi connectivity index (χ0) is 21.1. The number of amides is 2. The van der Waals surface area contributed by atoms with Crippen molar-refractivity contribution in [2.24, 2.45) is 5.92 Å². The summed E-state index contributed by atoms with van der Waals surface area (Å²) in [5, 5.41) is 2.86. The maximum Gasteiger partial charge on any atom is 0.225 e. The molecular formula is C21H23N3O5S. The van der Waals surface area contributed by atoms with Gasteiger partial charge in [-0.1, -0.05) is 18.2 Å². The van der Waals surface area contributed by atoms with E-state index in [1.54, 1.807) is 23.2 Å². The Morgan fingerprint density at radius 3 is 2.77 bits per heavy atom. The number of hydrogen-bond acceptors (Lipinski definition) is 6. The summed E-state index contributed by atoms with van der Waals surface area (Å²) in [5.74, 6) is 0.362. The molecule has 2 atom stereocenters. The van der Waals surface area contributed by atoms with Crippen LogP contribution in [0.4, 0.5) is 0 Å². The number of carbonyl (C=O) groups excluding carboxylic acids is 2. The van der Waals surface area contributed by atoms with E-state index in [2.05, 4.69) is 10.3 Å². The number of ether oxygens (including phenoxy) is 1. The van der Waals surface area contributed by atoms with Crippen LogP contribution < -0.4 is 10.1 Å². The zero-order valence-electron chi connectivity index (χ0n) is 16.4. The quantitative estimate of drug-likeness (QED) is 0.747. The second-order valence-corrected chi connectivity index (χ2v) is 9.87. The predicted molar refractivity (Wildman–Crippen MR) is 109 cm³/mol. The summed E-state index contributed by atoms with van der Waals surface area (Å²) >= 11 is 0. The van der Waals surface area contributed by atoms with Crippen molar-refractivity contribution < 1.29 is 22.7 Å². The van der Waals surface area contributed by atoms with Crippen LogP contribution in [0.5, 0.6) is 11.6 Å². The van der Waals surface area contributed by atoms with Gasteiger partial charge in [0.25, 0.3) is 0 Å². The highest BCUT2D eigenvalue weighted by Gasteiger charge is 2.41. The van der Waals surface area contributed by atoms with Crippen LogP contribution in [-0.4, -0.2) is 54.2 Å². The van der Waals surface area contributed by atoms with Crippen molar-refractivity contribution in [3.63, 3.8) is 0 Å². The number of benzene rings is 1. The Morgan fingerprint density at radius 1 is 1.23 bits per heavy atom. The van der Waals surface area contributed by atoms with Crippen LogP contribution in [0.1, 0.15) is 18.4 Å². The summed E-state index contributed by atoms with van der Waals surface area (Å²) < 4.78 is 29.1. The molecular weight excluding hydrogens is 406 g/mol. The van der Waals surface area contributed by atoms with E-state index in [4.69, 9.17) is 4.74 Å². The van der Waals surface area contributed by atoms with Crippen LogP contribution in [-0.2, 0) is 26.0 Å². The second-order valence-electron chi connectivity index (χ2n) is 7.64. The van der Waals surface area contributed by atoms with Crippen molar-refractivity contribution in [1.82, 2.24) is 15.2 Å². The van der Waals surface area contributed by atoms with Gasteiger partial charge in [-0.3, -0.25) is 9.59 Å². The maximum atomic E-state index is 12.6. The van der Waals surface area contributed by atoms with Crippen LogP contribution in [0.15, 0.2) is 48.7 Å². The van der Waals surface area contributed by atoms with E-state index < -0.39 is 15.8 Å². The number of pyridine rings is 1. The Kier molecular flexibility index (Phi) is 5.72. The minimum absolute atomic E-state index is 0.00567. The van der Waals surface area contributed by atoms with Crippen LogP contribution in [0.25, 0.3) is 0 Å². The fourth-order valence-electron chi connectivity index (χ4n) is 3.84. The number of carbonyl (C=O) groups is 2. The molecule has 2 aliphatic rings. The molecule has 30 heavy (non-hydrogen) atoms. The van der Waals surface area contributed by atoms with Crippen molar-refractivity contribution in [3.8, 4) is 11.6 Å². The topological polar surface area (TPSA) is 106 Å². The number of rotatable bonds is 6. The van der Waals surface area contributed by atoms with Gasteiger partial charge in [0.2, 0.25) is 17.7 Å².